The SMILES string of the molecule is COc1ccc([N+](=O)[O-])c(C2=NCCO2)c1. The average Bonchev–Trinajstić information content (AvgIpc) is 2.81. The number of hydrogen-bond donors (Lipinski definition) is 0. The monoisotopic (exact) mass is 222 g/mol. The molecule has 0 spiro atoms. The smallest absolute Gasteiger partial charge is 0.282 e. The Bertz CT molecular complexity index is 456. The van der Waals surface area contributed by atoms with E-state index in [1.807, 2.05) is 0 Å². The Morgan fingerprint density at radius 2 is 2.38 bits per heavy atom. The third-order valence-corrected chi connectivity index (χ3v) is 2.22. The molecule has 2 rings (SSSR count). The molecule has 1 aromatic rings. The molecule has 0 amide bonds. The fraction of sp³-hybridized carbons (Fsp3) is 0.300. The molecular weight excluding hydrogens is 212 g/mol. The summed E-state index contributed by atoms with van der Waals surface area (Å²) in [5, 5.41) is 10.8. The summed E-state index contributed by atoms with van der Waals surface area (Å²) in [6.07, 6.45) is 0. The molecule has 0 saturated heterocycles. The molecule has 1 aromatic carbocycles. The maximum Gasteiger partial charge on any atom is 0.282 e. The molecule has 1 aliphatic rings. The molecule has 0 saturated carbocycles. The molecule has 6 heteroatoms. The molecule has 0 aliphatic carbocycles. The van der Waals surface area contributed by atoms with Gasteiger partial charge in [-0.15, -0.1) is 0 Å². The quantitative estimate of drug-likeness (QED) is 0.572. The third-order valence-electron chi connectivity index (χ3n) is 2.22. The van der Waals surface area contributed by atoms with Gasteiger partial charge in [-0.25, -0.2) is 4.99 Å². The fourth-order valence-electron chi connectivity index (χ4n) is 1.47. The third kappa shape index (κ3) is 1.81. The van der Waals surface area contributed by atoms with Crippen LogP contribution in [0.3, 0.4) is 0 Å². The van der Waals surface area contributed by atoms with Crippen LogP contribution in [0.5, 0.6) is 5.75 Å². The van der Waals surface area contributed by atoms with Crippen molar-refractivity contribution in [2.24, 2.45) is 4.99 Å². The highest BCUT2D eigenvalue weighted by Gasteiger charge is 2.22. The van der Waals surface area contributed by atoms with Crippen molar-refractivity contribution < 1.29 is 14.4 Å². The number of rotatable bonds is 3. The predicted octanol–water partition coefficient (Wildman–Crippen LogP) is 1.38. The van der Waals surface area contributed by atoms with Gasteiger partial charge in [0.2, 0.25) is 5.90 Å². The van der Waals surface area contributed by atoms with Crippen LogP contribution in [0.2, 0.25) is 0 Å². The van der Waals surface area contributed by atoms with Gasteiger partial charge in [0.1, 0.15) is 17.9 Å². The van der Waals surface area contributed by atoms with Gasteiger partial charge < -0.3 is 9.47 Å². The Hall–Kier alpha value is -2.11. The summed E-state index contributed by atoms with van der Waals surface area (Å²) in [6, 6.07) is 4.48. The van der Waals surface area contributed by atoms with Crippen LogP contribution in [-0.4, -0.2) is 31.1 Å². The minimum Gasteiger partial charge on any atom is -0.497 e. The Kier molecular flexibility index (Phi) is 2.72. The molecule has 16 heavy (non-hydrogen) atoms. The standard InChI is InChI=1S/C10H10N2O4/c1-15-7-2-3-9(12(13)14)8(6-7)10-11-4-5-16-10/h2-3,6H,4-5H2,1H3. The van der Waals surface area contributed by atoms with Crippen LogP contribution in [0.25, 0.3) is 0 Å². The molecule has 0 aromatic heterocycles. The van der Waals surface area contributed by atoms with Gasteiger partial charge >= 0.3 is 0 Å². The van der Waals surface area contributed by atoms with Gasteiger partial charge in [-0.2, -0.15) is 0 Å². The first-order valence-corrected chi connectivity index (χ1v) is 4.72. The number of aliphatic imine (C=N–C) groups is 1. The summed E-state index contributed by atoms with van der Waals surface area (Å²) in [6.45, 7) is 0.993. The van der Waals surface area contributed by atoms with Gasteiger partial charge in [-0.05, 0) is 12.1 Å². The second kappa shape index (κ2) is 4.18. The first-order valence-electron chi connectivity index (χ1n) is 4.72. The van der Waals surface area contributed by atoms with Crippen LogP contribution in [0.15, 0.2) is 23.2 Å². The fourth-order valence-corrected chi connectivity index (χ4v) is 1.47. The number of benzene rings is 1. The van der Waals surface area contributed by atoms with Crippen molar-refractivity contribution in [3.8, 4) is 5.75 Å². The van der Waals surface area contributed by atoms with Crippen molar-refractivity contribution >= 4 is 11.6 Å². The van der Waals surface area contributed by atoms with E-state index in [4.69, 9.17) is 9.47 Å². The summed E-state index contributed by atoms with van der Waals surface area (Å²) >= 11 is 0. The number of nitro benzene ring substituents is 1. The minimum atomic E-state index is -0.459. The Labute approximate surface area is 91.7 Å². The first kappa shape index (κ1) is 10.4. The average molecular weight is 222 g/mol. The van der Waals surface area contributed by atoms with E-state index in [2.05, 4.69) is 4.99 Å². The number of methoxy groups -OCH3 is 1. The molecule has 1 aliphatic heterocycles. The molecule has 84 valence electrons. The first-order chi connectivity index (χ1) is 7.72. The Morgan fingerprint density at radius 3 is 2.94 bits per heavy atom. The summed E-state index contributed by atoms with van der Waals surface area (Å²) < 4.78 is 10.2. The second-order valence-corrected chi connectivity index (χ2v) is 3.18. The van der Waals surface area contributed by atoms with Crippen LogP contribution >= 0.6 is 0 Å². The molecule has 0 bridgehead atoms. The highest BCUT2D eigenvalue weighted by atomic mass is 16.6. The van der Waals surface area contributed by atoms with Gasteiger partial charge in [0.05, 0.1) is 18.6 Å². The van der Waals surface area contributed by atoms with E-state index in [-0.39, 0.29) is 5.69 Å². The number of nitrogens with zero attached hydrogens (tertiary/aromatic N) is 2. The van der Waals surface area contributed by atoms with Gasteiger partial charge in [0.25, 0.3) is 5.69 Å². The topological polar surface area (TPSA) is 74.0 Å². The van der Waals surface area contributed by atoms with Crippen molar-refractivity contribution in [2.75, 3.05) is 20.3 Å². The van der Waals surface area contributed by atoms with E-state index < -0.39 is 4.92 Å². The summed E-state index contributed by atoms with van der Waals surface area (Å²) in [7, 11) is 1.50. The zero-order valence-electron chi connectivity index (χ0n) is 8.67. The molecular formula is C10H10N2O4. The zero-order chi connectivity index (χ0) is 11.5. The maximum atomic E-state index is 10.8. The summed E-state index contributed by atoms with van der Waals surface area (Å²) in [4.78, 5) is 14.4. The lowest BCUT2D eigenvalue weighted by molar-refractivity contribution is -0.385. The van der Waals surface area contributed by atoms with Crippen LogP contribution < -0.4 is 4.74 Å². The van der Waals surface area contributed by atoms with E-state index >= 15 is 0 Å². The zero-order valence-corrected chi connectivity index (χ0v) is 8.67. The molecule has 0 fully saturated rings. The summed E-state index contributed by atoms with van der Waals surface area (Å²) in [5.41, 5.74) is 0.336. The Morgan fingerprint density at radius 1 is 1.56 bits per heavy atom. The van der Waals surface area contributed by atoms with Gasteiger partial charge in [-0.3, -0.25) is 10.1 Å². The van der Waals surface area contributed by atoms with E-state index in [0.29, 0.717) is 30.4 Å². The van der Waals surface area contributed by atoms with Gasteiger partial charge in [-0.1, -0.05) is 0 Å². The van der Waals surface area contributed by atoms with Crippen molar-refractivity contribution in [1.29, 1.82) is 0 Å². The molecule has 0 radical (unpaired) electrons. The van der Waals surface area contributed by atoms with E-state index in [1.54, 1.807) is 6.07 Å². The molecule has 6 nitrogen and oxygen atoms in total. The van der Waals surface area contributed by atoms with Crippen LogP contribution in [0, 0.1) is 10.1 Å². The maximum absolute atomic E-state index is 10.8. The van der Waals surface area contributed by atoms with Crippen molar-refractivity contribution in [3.63, 3.8) is 0 Å². The number of nitro groups is 1. The van der Waals surface area contributed by atoms with E-state index in [1.165, 1.54) is 19.2 Å². The van der Waals surface area contributed by atoms with Crippen LogP contribution in [0.4, 0.5) is 5.69 Å². The van der Waals surface area contributed by atoms with Crippen LogP contribution in [0.1, 0.15) is 5.56 Å². The summed E-state index contributed by atoms with van der Waals surface area (Å²) in [5.74, 6) is 0.851. The largest absolute Gasteiger partial charge is 0.497 e. The van der Waals surface area contributed by atoms with Gasteiger partial charge in [0.15, 0.2) is 0 Å². The lowest BCUT2D eigenvalue weighted by Gasteiger charge is -2.05. The van der Waals surface area contributed by atoms with E-state index in [9.17, 15) is 10.1 Å². The number of ether oxygens (including phenoxy) is 2. The van der Waals surface area contributed by atoms with Crippen molar-refractivity contribution in [1.82, 2.24) is 0 Å². The second-order valence-electron chi connectivity index (χ2n) is 3.18. The number of hydrogen-bond acceptors (Lipinski definition) is 5. The van der Waals surface area contributed by atoms with Crippen LogP contribution in [-0.2, 0) is 4.74 Å². The normalized spacial score (nSPS) is 14.2. The minimum absolute atomic E-state index is 0.0264. The van der Waals surface area contributed by atoms with Crippen molar-refractivity contribution in [2.45, 2.75) is 0 Å². The predicted molar refractivity (Wildman–Crippen MR) is 57.0 cm³/mol. The molecule has 1 heterocycles. The molecule has 0 unspecified atom stereocenters. The highest BCUT2D eigenvalue weighted by molar-refractivity contribution is 5.99. The van der Waals surface area contributed by atoms with E-state index in [0.717, 1.165) is 0 Å². The lowest BCUT2D eigenvalue weighted by atomic mass is 10.1. The Balaban J connectivity index is 2.49. The van der Waals surface area contributed by atoms with Crippen molar-refractivity contribution in [3.05, 3.63) is 33.9 Å². The molecule has 0 N–H and O–H groups in total. The van der Waals surface area contributed by atoms with Gasteiger partial charge in [0, 0.05) is 6.07 Å². The highest BCUT2D eigenvalue weighted by Crippen LogP contribution is 2.25. The molecule has 0 atom stereocenters. The lowest BCUT2D eigenvalue weighted by Crippen LogP contribution is -2.05.